The highest BCUT2D eigenvalue weighted by Crippen LogP contribution is 2.20. The minimum atomic E-state index is -0.414. The van der Waals surface area contributed by atoms with Crippen molar-refractivity contribution in [3.8, 4) is 0 Å². The van der Waals surface area contributed by atoms with Crippen molar-refractivity contribution >= 4 is 12.2 Å². The van der Waals surface area contributed by atoms with Crippen LogP contribution in [0.4, 0.5) is 0 Å². The lowest BCUT2D eigenvalue weighted by Gasteiger charge is -2.23. The van der Waals surface area contributed by atoms with E-state index < -0.39 is 5.41 Å². The minimum Gasteiger partial charge on any atom is -0.396 e. The number of nitrogens with one attached hydrogen (secondary N) is 2. The topological polar surface area (TPSA) is 143 Å². The molecular weight excluding hydrogens is 216 g/mol. The van der Waals surface area contributed by atoms with Gasteiger partial charge in [0, 0.05) is 12.0 Å². The summed E-state index contributed by atoms with van der Waals surface area (Å²) in [5.74, 6) is 0. The molecule has 5 N–H and O–H groups in total. The Morgan fingerprint density at radius 2 is 1.38 bits per heavy atom. The van der Waals surface area contributed by atoms with E-state index in [1.54, 1.807) is 6.92 Å². The van der Waals surface area contributed by atoms with Gasteiger partial charge in [-0.15, -0.1) is 0 Å². The Balaban J connectivity index is -0.000000235. The van der Waals surface area contributed by atoms with E-state index in [1.165, 1.54) is 0 Å². The Labute approximate surface area is 93.7 Å². The van der Waals surface area contributed by atoms with E-state index >= 15 is 0 Å². The number of rotatable bonds is 5. The van der Waals surface area contributed by atoms with Gasteiger partial charge in [-0.25, -0.2) is 20.4 Å². The van der Waals surface area contributed by atoms with Crippen LogP contribution < -0.4 is 0 Å². The van der Waals surface area contributed by atoms with E-state index in [2.05, 4.69) is 0 Å². The minimum absolute atomic E-state index is 0.0243. The van der Waals surface area contributed by atoms with Crippen molar-refractivity contribution in [1.82, 2.24) is 0 Å². The second kappa shape index (κ2) is 16.1. The Bertz CT molecular complexity index is 192. The summed E-state index contributed by atoms with van der Waals surface area (Å²) >= 11 is 0. The molecule has 0 saturated carbocycles. The normalized spacial score (nSPS) is 8.50. The van der Waals surface area contributed by atoms with E-state index in [0.29, 0.717) is 12.8 Å². The molecule has 0 radical (unpaired) electrons. The largest absolute Gasteiger partial charge is 0.396 e. The number of hydrogen-bond donors (Lipinski definition) is 5. The molecule has 0 unspecified atom stereocenters. The molecule has 0 bridgehead atoms. The zero-order chi connectivity index (χ0) is 13.4. The van der Waals surface area contributed by atoms with Crippen LogP contribution in [0.2, 0.25) is 0 Å². The fourth-order valence-electron chi connectivity index (χ4n) is 0.714. The lowest BCUT2D eigenvalue weighted by atomic mass is 9.88. The number of hydrogen-bond acceptors (Lipinski definition) is 7. The first kappa shape index (κ1) is 20.1. The van der Waals surface area contributed by atoms with E-state index in [1.807, 2.05) is 0 Å². The number of carbonyl (C=O) groups excluding carboxylic acids is 2. The van der Waals surface area contributed by atoms with Crippen molar-refractivity contribution in [2.24, 2.45) is 5.41 Å². The molecule has 0 fully saturated rings. The molecule has 0 aliphatic heterocycles. The fourth-order valence-corrected chi connectivity index (χ4v) is 0.714. The Kier molecular flexibility index (Phi) is 20.2. The Morgan fingerprint density at radius 3 is 1.56 bits per heavy atom. The maximum absolute atomic E-state index is 8.77. The van der Waals surface area contributed by atoms with Crippen LogP contribution in [0.15, 0.2) is 0 Å². The summed E-state index contributed by atoms with van der Waals surface area (Å²) in [6, 6.07) is 0. The van der Waals surface area contributed by atoms with Gasteiger partial charge in [-0.3, -0.25) is 0 Å². The van der Waals surface area contributed by atoms with Gasteiger partial charge in [-0.05, 0) is 12.8 Å². The average Bonchev–Trinajstić information content (AvgIpc) is 2.28. The van der Waals surface area contributed by atoms with Gasteiger partial charge < -0.3 is 15.3 Å². The van der Waals surface area contributed by atoms with E-state index in [4.69, 9.17) is 35.7 Å². The highest BCUT2D eigenvalue weighted by atomic mass is 16.3. The highest BCUT2D eigenvalue weighted by molar-refractivity contribution is 5.26. The van der Waals surface area contributed by atoms with Crippen molar-refractivity contribution in [3.63, 3.8) is 0 Å². The summed E-state index contributed by atoms with van der Waals surface area (Å²) < 4.78 is 0. The molecule has 7 nitrogen and oxygen atoms in total. The quantitative estimate of drug-likeness (QED) is 0.323. The van der Waals surface area contributed by atoms with Crippen LogP contribution >= 0.6 is 0 Å². The smallest absolute Gasteiger partial charge is 0.231 e. The molecule has 0 aromatic heterocycles. The fraction of sp³-hybridized carbons (Fsp3) is 0.778. The summed E-state index contributed by atoms with van der Waals surface area (Å²) in [5.41, 5.74) is -0.414. The molecule has 0 rings (SSSR count). The lowest BCUT2D eigenvalue weighted by Crippen LogP contribution is -2.26. The third-order valence-electron chi connectivity index (χ3n) is 1.70. The van der Waals surface area contributed by atoms with Gasteiger partial charge in [0.1, 0.15) is 0 Å². The Hall–Kier alpha value is -1.36. The molecule has 0 heterocycles. The first-order valence-electron chi connectivity index (χ1n) is 4.42. The third kappa shape index (κ3) is 18.4. The van der Waals surface area contributed by atoms with E-state index in [9.17, 15) is 0 Å². The van der Waals surface area contributed by atoms with Gasteiger partial charge in [0.15, 0.2) is 0 Å². The first-order chi connectivity index (χ1) is 7.51. The predicted octanol–water partition coefficient (Wildman–Crippen LogP) is -0.448. The maximum atomic E-state index is 8.77. The number of isocyanates is 2. The molecule has 0 amide bonds. The number of aliphatic hydroxyl groups is 3. The summed E-state index contributed by atoms with van der Waals surface area (Å²) in [6.07, 6.45) is 2.80. The van der Waals surface area contributed by atoms with Crippen LogP contribution in [-0.2, 0) is 9.59 Å². The van der Waals surface area contributed by atoms with Crippen molar-refractivity contribution in [2.45, 2.75) is 19.8 Å². The van der Waals surface area contributed by atoms with Crippen molar-refractivity contribution in [1.29, 1.82) is 10.8 Å². The van der Waals surface area contributed by atoms with Crippen molar-refractivity contribution in [2.75, 3.05) is 19.8 Å². The molecule has 0 spiro atoms. The standard InChI is InChI=1S/C7H16O3.2CHNO/c1-7(5-9,6-10)3-2-4-8;2*2-1-3/h8-10H,2-6H2,1H3;2*2H. The molecule has 7 heteroatoms. The van der Waals surface area contributed by atoms with Crippen molar-refractivity contribution in [3.05, 3.63) is 0 Å². The number of aliphatic hydroxyl groups excluding tert-OH is 3. The van der Waals surface area contributed by atoms with Crippen LogP contribution in [0.3, 0.4) is 0 Å². The van der Waals surface area contributed by atoms with Gasteiger partial charge in [0.2, 0.25) is 12.2 Å². The molecule has 0 aliphatic rings. The molecule has 0 atom stereocenters. The third-order valence-corrected chi connectivity index (χ3v) is 1.70. The van der Waals surface area contributed by atoms with Crippen LogP contribution in [0.25, 0.3) is 0 Å². The molecule has 0 aromatic carbocycles. The monoisotopic (exact) mass is 234 g/mol. The van der Waals surface area contributed by atoms with Crippen LogP contribution in [0, 0.1) is 16.2 Å². The van der Waals surface area contributed by atoms with E-state index in [-0.39, 0.29) is 19.8 Å². The maximum Gasteiger partial charge on any atom is 0.231 e. The second-order valence-corrected chi connectivity index (χ2v) is 3.16. The zero-order valence-corrected chi connectivity index (χ0v) is 9.19. The van der Waals surface area contributed by atoms with Gasteiger partial charge in [0.25, 0.3) is 0 Å². The van der Waals surface area contributed by atoms with Crippen molar-refractivity contribution < 1.29 is 24.9 Å². The average molecular weight is 234 g/mol. The molecule has 0 saturated heterocycles. The lowest BCUT2D eigenvalue weighted by molar-refractivity contribution is 0.0568. The Morgan fingerprint density at radius 1 is 1.06 bits per heavy atom. The van der Waals surface area contributed by atoms with Gasteiger partial charge in [-0.2, -0.15) is 0 Å². The first-order valence-corrected chi connectivity index (χ1v) is 4.42. The van der Waals surface area contributed by atoms with Crippen LogP contribution in [-0.4, -0.2) is 47.3 Å². The molecular formula is C9H18N2O5. The summed E-state index contributed by atoms with van der Waals surface area (Å²) in [4.78, 5) is 16.7. The van der Waals surface area contributed by atoms with Gasteiger partial charge >= 0.3 is 0 Å². The van der Waals surface area contributed by atoms with Gasteiger partial charge in [-0.1, -0.05) is 6.92 Å². The molecule has 94 valence electrons. The molecule has 0 aromatic rings. The van der Waals surface area contributed by atoms with Crippen LogP contribution in [0.1, 0.15) is 19.8 Å². The summed E-state index contributed by atoms with van der Waals surface area (Å²) in [5, 5.41) is 36.8. The second-order valence-electron chi connectivity index (χ2n) is 3.16. The molecule has 16 heavy (non-hydrogen) atoms. The summed E-state index contributed by atoms with van der Waals surface area (Å²) in [6.45, 7) is 1.87. The zero-order valence-electron chi connectivity index (χ0n) is 9.19. The highest BCUT2D eigenvalue weighted by Gasteiger charge is 2.20. The van der Waals surface area contributed by atoms with E-state index in [0.717, 1.165) is 12.2 Å². The van der Waals surface area contributed by atoms with Crippen LogP contribution in [0.5, 0.6) is 0 Å². The predicted molar refractivity (Wildman–Crippen MR) is 55.4 cm³/mol. The van der Waals surface area contributed by atoms with Gasteiger partial charge in [0.05, 0.1) is 13.2 Å². The molecule has 0 aliphatic carbocycles. The summed E-state index contributed by atoms with van der Waals surface area (Å²) in [7, 11) is 0. The SMILES string of the molecule is CC(CO)(CO)CCCO.N=C=O.N=C=O.